The minimum absolute atomic E-state index is 0.0692. The molecule has 0 saturated carbocycles. The number of aromatic nitrogens is 1. The van der Waals surface area contributed by atoms with Gasteiger partial charge in [-0.2, -0.15) is 0 Å². The van der Waals surface area contributed by atoms with Crippen LogP contribution in [0.4, 0.5) is 11.5 Å². The third-order valence-electron chi connectivity index (χ3n) is 6.86. The van der Waals surface area contributed by atoms with Crippen molar-refractivity contribution >= 4 is 27.4 Å². The topological polar surface area (TPSA) is 94.6 Å². The van der Waals surface area contributed by atoms with E-state index in [-0.39, 0.29) is 27.9 Å². The second-order valence-corrected chi connectivity index (χ2v) is 12.2. The van der Waals surface area contributed by atoms with Crippen molar-refractivity contribution in [3.8, 4) is 0 Å². The lowest BCUT2D eigenvalue weighted by Crippen LogP contribution is -2.46. The van der Waals surface area contributed by atoms with Gasteiger partial charge in [0.05, 0.1) is 22.3 Å². The average molecular weight is 500 g/mol. The summed E-state index contributed by atoms with van der Waals surface area (Å²) in [5, 5.41) is 3.32. The number of carbonyl (C=O) groups is 1. The van der Waals surface area contributed by atoms with Gasteiger partial charge in [0, 0.05) is 38.8 Å². The van der Waals surface area contributed by atoms with E-state index in [4.69, 9.17) is 0 Å². The summed E-state index contributed by atoms with van der Waals surface area (Å²) in [6, 6.07) is 8.71. The van der Waals surface area contributed by atoms with Crippen molar-refractivity contribution in [1.82, 2.24) is 15.2 Å². The molecule has 9 heteroatoms. The number of pyridine rings is 1. The van der Waals surface area contributed by atoms with E-state index in [1.165, 1.54) is 6.20 Å². The molecule has 2 aromatic rings. The lowest BCUT2D eigenvalue weighted by molar-refractivity contribution is 0.0636. The van der Waals surface area contributed by atoms with Crippen LogP contribution >= 0.6 is 0 Å². The Hall–Kier alpha value is -2.65. The van der Waals surface area contributed by atoms with E-state index in [1.54, 1.807) is 18.2 Å². The molecule has 1 aromatic carbocycles. The Morgan fingerprint density at radius 2 is 1.77 bits per heavy atom. The van der Waals surface area contributed by atoms with Gasteiger partial charge in [0.2, 0.25) is 0 Å². The van der Waals surface area contributed by atoms with E-state index in [1.807, 2.05) is 17.0 Å². The predicted molar refractivity (Wildman–Crippen MR) is 140 cm³/mol. The molecule has 2 N–H and O–H groups in total. The molecule has 0 aliphatic carbocycles. The van der Waals surface area contributed by atoms with Crippen molar-refractivity contribution in [3.05, 3.63) is 47.7 Å². The van der Waals surface area contributed by atoms with Gasteiger partial charge in [0.25, 0.3) is 15.9 Å². The van der Waals surface area contributed by atoms with Crippen LogP contribution in [0.25, 0.3) is 0 Å². The Labute approximate surface area is 209 Å². The lowest BCUT2D eigenvalue weighted by Gasteiger charge is -2.35. The van der Waals surface area contributed by atoms with Crippen LogP contribution in [0.5, 0.6) is 0 Å². The molecule has 190 valence electrons. The number of sulfonamides is 1. The van der Waals surface area contributed by atoms with Crippen LogP contribution < -0.4 is 14.9 Å². The zero-order valence-electron chi connectivity index (χ0n) is 21.2. The molecule has 1 amide bonds. The van der Waals surface area contributed by atoms with Crippen molar-refractivity contribution in [2.24, 2.45) is 0 Å². The number of piperazine rings is 1. The molecule has 4 rings (SSSR count). The number of amides is 1. The molecular weight excluding hydrogens is 462 g/mol. The third kappa shape index (κ3) is 5.78. The van der Waals surface area contributed by atoms with Crippen molar-refractivity contribution in [2.45, 2.75) is 63.3 Å². The van der Waals surface area contributed by atoms with Crippen LogP contribution in [-0.4, -0.2) is 63.0 Å². The zero-order valence-corrected chi connectivity index (χ0v) is 22.0. The van der Waals surface area contributed by atoms with Gasteiger partial charge >= 0.3 is 0 Å². The highest BCUT2D eigenvalue weighted by Crippen LogP contribution is 2.28. The minimum Gasteiger partial charge on any atom is -0.353 e. The molecule has 8 nitrogen and oxygen atoms in total. The number of nitrogens with zero attached hydrogens (tertiary/aromatic N) is 3. The van der Waals surface area contributed by atoms with Gasteiger partial charge in [-0.15, -0.1) is 0 Å². The van der Waals surface area contributed by atoms with Gasteiger partial charge in [-0.3, -0.25) is 9.52 Å². The van der Waals surface area contributed by atoms with E-state index in [2.05, 4.69) is 47.6 Å². The minimum atomic E-state index is -3.83. The normalized spacial score (nSPS) is 19.5. The van der Waals surface area contributed by atoms with Gasteiger partial charge in [-0.25, -0.2) is 13.4 Å². The second kappa shape index (κ2) is 10.1. The van der Waals surface area contributed by atoms with Crippen molar-refractivity contribution < 1.29 is 13.2 Å². The molecule has 2 aliphatic rings. The summed E-state index contributed by atoms with van der Waals surface area (Å²) in [7, 11) is -3.83. The smallest absolute Gasteiger partial charge is 0.261 e. The molecule has 2 aliphatic heterocycles. The van der Waals surface area contributed by atoms with Crippen LogP contribution in [0.3, 0.4) is 0 Å². The molecule has 35 heavy (non-hydrogen) atoms. The first-order valence-corrected chi connectivity index (χ1v) is 13.9. The molecule has 0 radical (unpaired) electrons. The van der Waals surface area contributed by atoms with E-state index < -0.39 is 10.0 Å². The van der Waals surface area contributed by atoms with Crippen LogP contribution in [-0.2, 0) is 15.4 Å². The van der Waals surface area contributed by atoms with Gasteiger partial charge in [0.15, 0.2) is 0 Å². The quantitative estimate of drug-likeness (QED) is 0.653. The SMILES string of the molecule is C[C@@H]1CCCCN1C(=O)c1cc(NS(=O)(=O)c2ccc(C(C)(C)C)cc2)cnc1N1CCNCC1. The first-order chi connectivity index (χ1) is 16.6. The Bertz CT molecular complexity index is 1150. The maximum atomic E-state index is 13.7. The Kier molecular flexibility index (Phi) is 7.38. The third-order valence-corrected chi connectivity index (χ3v) is 8.26. The van der Waals surface area contributed by atoms with Crippen LogP contribution in [0, 0.1) is 0 Å². The Balaban J connectivity index is 1.65. The van der Waals surface area contributed by atoms with Crippen LogP contribution in [0.2, 0.25) is 0 Å². The molecule has 0 unspecified atom stereocenters. The average Bonchev–Trinajstić information content (AvgIpc) is 2.84. The van der Waals surface area contributed by atoms with Gasteiger partial charge < -0.3 is 15.1 Å². The highest BCUT2D eigenvalue weighted by molar-refractivity contribution is 7.92. The lowest BCUT2D eigenvalue weighted by atomic mass is 9.87. The molecule has 0 spiro atoms. The van der Waals surface area contributed by atoms with E-state index in [0.29, 0.717) is 17.9 Å². The molecular formula is C26H37N5O3S. The number of likely N-dealkylation sites (tertiary alicyclic amines) is 1. The second-order valence-electron chi connectivity index (χ2n) is 10.6. The number of piperidine rings is 1. The molecule has 1 atom stereocenters. The summed E-state index contributed by atoms with van der Waals surface area (Å²) in [5.41, 5.74) is 1.73. The summed E-state index contributed by atoms with van der Waals surface area (Å²) in [5.74, 6) is 0.528. The molecule has 2 saturated heterocycles. The monoisotopic (exact) mass is 499 g/mol. The first-order valence-electron chi connectivity index (χ1n) is 12.5. The fourth-order valence-corrected chi connectivity index (χ4v) is 5.74. The first kappa shape index (κ1) is 25.4. The summed E-state index contributed by atoms with van der Waals surface area (Å²) in [4.78, 5) is 22.4. The van der Waals surface area contributed by atoms with Crippen molar-refractivity contribution in [2.75, 3.05) is 42.3 Å². The van der Waals surface area contributed by atoms with Crippen LogP contribution in [0.15, 0.2) is 41.4 Å². The maximum absolute atomic E-state index is 13.7. The van der Waals surface area contributed by atoms with Crippen LogP contribution in [0.1, 0.15) is 62.9 Å². The molecule has 3 heterocycles. The molecule has 2 fully saturated rings. The summed E-state index contributed by atoms with van der Waals surface area (Å²) in [6.07, 6.45) is 4.57. The predicted octanol–water partition coefficient (Wildman–Crippen LogP) is 3.60. The number of anilines is 2. The molecule has 0 bridgehead atoms. The highest BCUT2D eigenvalue weighted by Gasteiger charge is 2.29. The number of carbonyl (C=O) groups excluding carboxylic acids is 1. The van der Waals surface area contributed by atoms with Gasteiger partial charge in [0.1, 0.15) is 5.82 Å². The number of rotatable bonds is 5. The summed E-state index contributed by atoms with van der Waals surface area (Å²) >= 11 is 0. The van der Waals surface area contributed by atoms with Gasteiger partial charge in [-0.1, -0.05) is 32.9 Å². The zero-order chi connectivity index (χ0) is 25.2. The summed E-state index contributed by atoms with van der Waals surface area (Å²) in [6.45, 7) is 12.1. The number of hydrogen-bond acceptors (Lipinski definition) is 6. The van der Waals surface area contributed by atoms with E-state index >= 15 is 0 Å². The summed E-state index contributed by atoms with van der Waals surface area (Å²) < 4.78 is 28.9. The fourth-order valence-electron chi connectivity index (χ4n) is 4.70. The molecule has 1 aromatic heterocycles. The number of benzene rings is 1. The Morgan fingerprint density at radius 3 is 2.40 bits per heavy atom. The van der Waals surface area contributed by atoms with Gasteiger partial charge in [-0.05, 0) is 55.4 Å². The fraction of sp³-hybridized carbons (Fsp3) is 0.538. The van der Waals surface area contributed by atoms with Crippen molar-refractivity contribution in [3.63, 3.8) is 0 Å². The van der Waals surface area contributed by atoms with Crippen molar-refractivity contribution in [1.29, 1.82) is 0 Å². The number of nitrogens with one attached hydrogen (secondary N) is 2. The standard InChI is InChI=1S/C26H37N5O3S/c1-19-7-5-6-14-31(19)25(32)23-17-21(18-28-24(23)30-15-12-27-13-16-30)29-35(33,34)22-10-8-20(9-11-22)26(2,3)4/h8-11,17-19,27,29H,5-7,12-16H2,1-4H3/t19-/m1/s1. The highest BCUT2D eigenvalue weighted by atomic mass is 32.2. The van der Waals surface area contributed by atoms with E-state index in [0.717, 1.165) is 51.0 Å². The van der Waals surface area contributed by atoms with E-state index in [9.17, 15) is 13.2 Å². The maximum Gasteiger partial charge on any atom is 0.261 e. The largest absolute Gasteiger partial charge is 0.353 e. The number of hydrogen-bond donors (Lipinski definition) is 2. The Morgan fingerprint density at radius 1 is 1.09 bits per heavy atom.